The molecule has 6 nitrogen and oxygen atoms in total. The quantitative estimate of drug-likeness (QED) is 0.503. The van der Waals surface area contributed by atoms with Gasteiger partial charge >= 0.3 is 0 Å². The van der Waals surface area contributed by atoms with Crippen molar-refractivity contribution < 1.29 is 10.3 Å². The molecule has 0 saturated carbocycles. The van der Waals surface area contributed by atoms with Crippen LogP contribution in [0.4, 0.5) is 0 Å². The van der Waals surface area contributed by atoms with Gasteiger partial charge in [-0.25, -0.2) is 0 Å². The molecule has 0 saturated heterocycles. The standard InChI is InChI=1S/C6H12N4O2/c11-3-1-2-10-5-6(4-7-12)8-9-10/h5,7,11-12H,1-4H2. The van der Waals surface area contributed by atoms with Gasteiger partial charge in [-0.05, 0) is 6.42 Å². The van der Waals surface area contributed by atoms with Crippen molar-refractivity contribution >= 4 is 0 Å². The maximum absolute atomic E-state index is 8.52. The van der Waals surface area contributed by atoms with E-state index in [0.29, 0.717) is 25.2 Å². The first-order valence-electron chi connectivity index (χ1n) is 3.73. The summed E-state index contributed by atoms with van der Waals surface area (Å²) in [5, 5.41) is 24.4. The summed E-state index contributed by atoms with van der Waals surface area (Å²) in [6.07, 6.45) is 2.38. The predicted molar refractivity (Wildman–Crippen MR) is 40.4 cm³/mol. The molecule has 0 aliphatic carbocycles. The molecule has 68 valence electrons. The number of aliphatic hydroxyl groups is 1. The third kappa shape index (κ3) is 2.57. The molecular formula is C6H12N4O2. The Kier molecular flexibility index (Phi) is 3.65. The van der Waals surface area contributed by atoms with Crippen molar-refractivity contribution in [1.29, 1.82) is 0 Å². The molecule has 0 radical (unpaired) electrons. The molecule has 0 aliphatic rings. The maximum atomic E-state index is 8.52. The van der Waals surface area contributed by atoms with Crippen LogP contribution in [0.2, 0.25) is 0 Å². The van der Waals surface area contributed by atoms with Crippen LogP contribution >= 0.6 is 0 Å². The first-order valence-corrected chi connectivity index (χ1v) is 3.73. The lowest BCUT2D eigenvalue weighted by atomic mass is 10.4. The third-order valence-electron chi connectivity index (χ3n) is 1.39. The molecule has 0 atom stereocenters. The van der Waals surface area contributed by atoms with Gasteiger partial charge < -0.3 is 10.3 Å². The number of aromatic nitrogens is 3. The Labute approximate surface area is 69.8 Å². The smallest absolute Gasteiger partial charge is 0.0988 e. The molecule has 1 rings (SSSR count). The van der Waals surface area contributed by atoms with E-state index in [4.69, 9.17) is 10.3 Å². The van der Waals surface area contributed by atoms with E-state index in [1.54, 1.807) is 10.9 Å². The second-order valence-corrected chi connectivity index (χ2v) is 2.39. The maximum Gasteiger partial charge on any atom is 0.0988 e. The lowest BCUT2D eigenvalue weighted by Gasteiger charge is -1.94. The molecule has 1 aromatic rings. The predicted octanol–water partition coefficient (Wildman–Crippen LogP) is -0.861. The molecule has 1 heterocycles. The molecule has 0 aliphatic heterocycles. The molecular weight excluding hydrogens is 160 g/mol. The van der Waals surface area contributed by atoms with E-state index in [2.05, 4.69) is 10.3 Å². The van der Waals surface area contributed by atoms with Gasteiger partial charge in [0, 0.05) is 19.3 Å². The number of nitrogens with zero attached hydrogens (tertiary/aromatic N) is 3. The van der Waals surface area contributed by atoms with Gasteiger partial charge in [-0.2, -0.15) is 5.48 Å². The number of hydrogen-bond acceptors (Lipinski definition) is 5. The van der Waals surface area contributed by atoms with E-state index >= 15 is 0 Å². The van der Waals surface area contributed by atoms with E-state index in [0.717, 1.165) is 0 Å². The molecule has 0 aromatic carbocycles. The zero-order valence-electron chi connectivity index (χ0n) is 6.64. The highest BCUT2D eigenvalue weighted by molar-refractivity contribution is 4.90. The molecule has 0 unspecified atom stereocenters. The number of nitrogens with one attached hydrogen (secondary N) is 1. The number of aliphatic hydroxyl groups excluding tert-OH is 1. The van der Waals surface area contributed by atoms with Gasteiger partial charge in [-0.1, -0.05) is 5.21 Å². The molecule has 3 N–H and O–H groups in total. The second kappa shape index (κ2) is 4.81. The Hall–Kier alpha value is -0.980. The van der Waals surface area contributed by atoms with Gasteiger partial charge in [-0.15, -0.1) is 5.10 Å². The minimum atomic E-state index is 0.146. The average Bonchev–Trinajstić information content (AvgIpc) is 2.50. The van der Waals surface area contributed by atoms with E-state index < -0.39 is 0 Å². The van der Waals surface area contributed by atoms with Crippen molar-refractivity contribution in [3.8, 4) is 0 Å². The van der Waals surface area contributed by atoms with Gasteiger partial charge in [-0.3, -0.25) is 4.68 Å². The summed E-state index contributed by atoms with van der Waals surface area (Å²) in [6.45, 7) is 1.08. The van der Waals surface area contributed by atoms with Crippen molar-refractivity contribution in [3.05, 3.63) is 11.9 Å². The van der Waals surface area contributed by atoms with Crippen molar-refractivity contribution in [2.24, 2.45) is 0 Å². The highest BCUT2D eigenvalue weighted by Crippen LogP contribution is 1.93. The SMILES string of the molecule is OCCCn1cc(CNO)nn1. The monoisotopic (exact) mass is 172 g/mol. The Morgan fingerprint density at radius 2 is 2.42 bits per heavy atom. The molecule has 6 heteroatoms. The fourth-order valence-electron chi connectivity index (χ4n) is 0.843. The van der Waals surface area contributed by atoms with E-state index in [1.165, 1.54) is 0 Å². The van der Waals surface area contributed by atoms with Crippen LogP contribution in [-0.2, 0) is 13.1 Å². The van der Waals surface area contributed by atoms with Crippen LogP contribution in [0.5, 0.6) is 0 Å². The summed E-state index contributed by atoms with van der Waals surface area (Å²) in [5.74, 6) is 0. The molecule has 0 bridgehead atoms. The van der Waals surface area contributed by atoms with Crippen molar-refractivity contribution in [1.82, 2.24) is 20.5 Å². The highest BCUT2D eigenvalue weighted by atomic mass is 16.5. The summed E-state index contributed by atoms with van der Waals surface area (Å²) in [4.78, 5) is 0. The van der Waals surface area contributed by atoms with Crippen LogP contribution in [0.1, 0.15) is 12.1 Å². The fraction of sp³-hybridized carbons (Fsp3) is 0.667. The van der Waals surface area contributed by atoms with Gasteiger partial charge in [0.2, 0.25) is 0 Å². The number of rotatable bonds is 5. The minimum absolute atomic E-state index is 0.146. The highest BCUT2D eigenvalue weighted by Gasteiger charge is 1.98. The average molecular weight is 172 g/mol. The molecule has 12 heavy (non-hydrogen) atoms. The Morgan fingerprint density at radius 1 is 1.58 bits per heavy atom. The Bertz CT molecular complexity index is 225. The summed E-state index contributed by atoms with van der Waals surface area (Å²) < 4.78 is 1.63. The topological polar surface area (TPSA) is 83.2 Å². The summed E-state index contributed by atoms with van der Waals surface area (Å²) in [5.41, 5.74) is 2.66. The van der Waals surface area contributed by atoms with Crippen LogP contribution in [0.3, 0.4) is 0 Å². The third-order valence-corrected chi connectivity index (χ3v) is 1.39. The van der Waals surface area contributed by atoms with E-state index in [9.17, 15) is 0 Å². The first-order chi connectivity index (χ1) is 5.86. The lowest BCUT2D eigenvalue weighted by molar-refractivity contribution is 0.160. The molecule has 1 aromatic heterocycles. The second-order valence-electron chi connectivity index (χ2n) is 2.39. The minimum Gasteiger partial charge on any atom is -0.396 e. The van der Waals surface area contributed by atoms with Gasteiger partial charge in [0.05, 0.1) is 12.2 Å². The first kappa shape index (κ1) is 9.11. The number of hydrogen-bond donors (Lipinski definition) is 3. The van der Waals surface area contributed by atoms with Crippen molar-refractivity contribution in [2.45, 2.75) is 19.5 Å². The van der Waals surface area contributed by atoms with E-state index in [1.807, 2.05) is 5.48 Å². The van der Waals surface area contributed by atoms with Crippen LogP contribution in [0, 0.1) is 0 Å². The van der Waals surface area contributed by atoms with Crippen molar-refractivity contribution in [3.63, 3.8) is 0 Å². The molecule has 0 fully saturated rings. The summed E-state index contributed by atoms with van der Waals surface area (Å²) in [6, 6.07) is 0. The Morgan fingerprint density at radius 3 is 3.08 bits per heavy atom. The molecule has 0 spiro atoms. The van der Waals surface area contributed by atoms with Gasteiger partial charge in [0.1, 0.15) is 0 Å². The number of hydroxylamine groups is 1. The zero-order chi connectivity index (χ0) is 8.81. The van der Waals surface area contributed by atoms with Gasteiger partial charge in [0.15, 0.2) is 0 Å². The summed E-state index contributed by atoms with van der Waals surface area (Å²) >= 11 is 0. The molecule has 0 amide bonds. The number of aryl methyl sites for hydroxylation is 1. The van der Waals surface area contributed by atoms with Crippen LogP contribution in [-0.4, -0.2) is 31.9 Å². The van der Waals surface area contributed by atoms with E-state index in [-0.39, 0.29) is 6.61 Å². The van der Waals surface area contributed by atoms with Crippen LogP contribution in [0.15, 0.2) is 6.20 Å². The fourth-order valence-corrected chi connectivity index (χ4v) is 0.843. The van der Waals surface area contributed by atoms with Crippen LogP contribution in [0.25, 0.3) is 0 Å². The van der Waals surface area contributed by atoms with Crippen LogP contribution < -0.4 is 5.48 Å². The van der Waals surface area contributed by atoms with Crippen molar-refractivity contribution in [2.75, 3.05) is 6.61 Å². The Balaban J connectivity index is 2.41. The largest absolute Gasteiger partial charge is 0.396 e. The van der Waals surface area contributed by atoms with Gasteiger partial charge in [0.25, 0.3) is 0 Å². The zero-order valence-corrected chi connectivity index (χ0v) is 6.64. The lowest BCUT2D eigenvalue weighted by Crippen LogP contribution is -2.06. The summed E-state index contributed by atoms with van der Waals surface area (Å²) in [7, 11) is 0. The normalized spacial score (nSPS) is 10.5.